The number of halogens is 2. The zero-order valence-corrected chi connectivity index (χ0v) is 25.0. The van der Waals surface area contributed by atoms with Gasteiger partial charge in [0.1, 0.15) is 12.6 Å². The Bertz CT molecular complexity index is 1320. The van der Waals surface area contributed by atoms with Crippen molar-refractivity contribution in [2.24, 2.45) is 0 Å². The molecule has 202 valence electrons. The van der Waals surface area contributed by atoms with Gasteiger partial charge < -0.3 is 10.2 Å². The van der Waals surface area contributed by atoms with Gasteiger partial charge in [-0.05, 0) is 90.0 Å². The van der Waals surface area contributed by atoms with Gasteiger partial charge in [-0.1, -0.05) is 55.3 Å². The zero-order chi connectivity index (χ0) is 27.7. The molecule has 0 radical (unpaired) electrons. The van der Waals surface area contributed by atoms with Crippen LogP contribution >= 0.6 is 34.2 Å². The first kappa shape index (κ1) is 29.9. The number of hydrogen-bond acceptors (Lipinski definition) is 4. The Morgan fingerprint density at radius 1 is 0.974 bits per heavy atom. The summed E-state index contributed by atoms with van der Waals surface area (Å²) >= 11 is 8.17. The summed E-state index contributed by atoms with van der Waals surface area (Å²) in [6.45, 7) is 3.82. The second-order valence-electron chi connectivity index (χ2n) is 8.77. The lowest BCUT2D eigenvalue weighted by atomic mass is 10.1. The van der Waals surface area contributed by atoms with E-state index in [0.717, 1.165) is 26.3 Å². The Kier molecular flexibility index (Phi) is 11.0. The van der Waals surface area contributed by atoms with Crippen molar-refractivity contribution in [2.75, 3.05) is 17.4 Å². The highest BCUT2D eigenvalue weighted by atomic mass is 127. The summed E-state index contributed by atoms with van der Waals surface area (Å²) in [6.07, 6.45) is 1.74. The van der Waals surface area contributed by atoms with Crippen molar-refractivity contribution in [3.63, 3.8) is 0 Å². The molecule has 0 spiro atoms. The van der Waals surface area contributed by atoms with Crippen molar-refractivity contribution in [1.29, 1.82) is 0 Å². The topological polar surface area (TPSA) is 86.8 Å². The first-order valence-corrected chi connectivity index (χ1v) is 15.2. The number of carbonyl (C=O) groups excluding carboxylic acids is 2. The smallest absolute Gasteiger partial charge is 0.264 e. The fourth-order valence-corrected chi connectivity index (χ4v) is 5.68. The lowest BCUT2D eigenvalue weighted by Gasteiger charge is -2.32. The van der Waals surface area contributed by atoms with Crippen LogP contribution in [0.2, 0.25) is 5.02 Å². The summed E-state index contributed by atoms with van der Waals surface area (Å²) in [6, 6.07) is 21.0. The summed E-state index contributed by atoms with van der Waals surface area (Å²) in [5.41, 5.74) is 1.12. The molecule has 1 atom stereocenters. The van der Waals surface area contributed by atoms with Gasteiger partial charge in [0.15, 0.2) is 0 Å². The van der Waals surface area contributed by atoms with E-state index >= 15 is 0 Å². The molecule has 2 amide bonds. The van der Waals surface area contributed by atoms with Gasteiger partial charge in [-0.25, -0.2) is 8.42 Å². The minimum atomic E-state index is -4.07. The molecule has 3 aromatic carbocycles. The van der Waals surface area contributed by atoms with Gasteiger partial charge in [0, 0.05) is 21.7 Å². The molecule has 3 aromatic rings. The lowest BCUT2D eigenvalue weighted by molar-refractivity contribution is -0.139. The molecule has 3 rings (SSSR count). The molecule has 38 heavy (non-hydrogen) atoms. The van der Waals surface area contributed by atoms with E-state index in [4.69, 9.17) is 11.6 Å². The number of unbranched alkanes of at least 4 members (excludes halogenated alkanes) is 1. The average molecular weight is 668 g/mol. The summed E-state index contributed by atoms with van der Waals surface area (Å²) in [7, 11) is -4.07. The number of benzene rings is 3. The fraction of sp³-hybridized carbons (Fsp3) is 0.286. The van der Waals surface area contributed by atoms with E-state index in [9.17, 15) is 18.0 Å². The van der Waals surface area contributed by atoms with E-state index in [1.54, 1.807) is 73.7 Å². The second-order valence-corrected chi connectivity index (χ2v) is 12.3. The van der Waals surface area contributed by atoms with E-state index in [1.807, 2.05) is 6.92 Å². The highest BCUT2D eigenvalue weighted by Crippen LogP contribution is 2.25. The van der Waals surface area contributed by atoms with Crippen molar-refractivity contribution < 1.29 is 18.0 Å². The van der Waals surface area contributed by atoms with Crippen LogP contribution in [0.5, 0.6) is 0 Å². The Morgan fingerprint density at radius 2 is 1.61 bits per heavy atom. The number of hydrogen-bond donors (Lipinski definition) is 1. The minimum absolute atomic E-state index is 0.0703. The van der Waals surface area contributed by atoms with Crippen LogP contribution in [-0.4, -0.2) is 44.3 Å². The monoisotopic (exact) mass is 667 g/mol. The summed E-state index contributed by atoms with van der Waals surface area (Å²) in [5, 5.41) is 3.43. The van der Waals surface area contributed by atoms with Crippen molar-refractivity contribution in [1.82, 2.24) is 10.2 Å². The Labute approximate surface area is 243 Å². The molecule has 0 unspecified atom stereocenters. The van der Waals surface area contributed by atoms with Crippen LogP contribution < -0.4 is 9.62 Å². The minimum Gasteiger partial charge on any atom is -0.354 e. The molecule has 1 N–H and O–H groups in total. The summed E-state index contributed by atoms with van der Waals surface area (Å²) in [4.78, 5) is 28.3. The lowest BCUT2D eigenvalue weighted by Crippen LogP contribution is -2.51. The predicted molar refractivity (Wildman–Crippen MR) is 160 cm³/mol. The standard InChI is InChI=1S/C28H31ClIN3O4S/c1-3-4-18-31-28(35)21(2)32(19-22-10-12-23(29)13-11-22)27(34)20-33(25-16-14-24(30)15-17-25)38(36,37)26-8-6-5-7-9-26/h5-17,21H,3-4,18-20H2,1-2H3,(H,31,35)/t21-/m1/s1. The molecule has 0 aliphatic heterocycles. The maximum absolute atomic E-state index is 13.8. The Hall–Kier alpha value is -2.63. The maximum Gasteiger partial charge on any atom is 0.264 e. The third kappa shape index (κ3) is 7.94. The van der Waals surface area contributed by atoms with Crippen LogP contribution in [0.4, 0.5) is 5.69 Å². The molecule has 7 nitrogen and oxygen atoms in total. The number of rotatable bonds is 12. The molecule has 10 heteroatoms. The Balaban J connectivity index is 1.97. The fourth-order valence-electron chi connectivity index (χ4n) is 3.76. The van der Waals surface area contributed by atoms with Gasteiger partial charge in [-0.15, -0.1) is 0 Å². The molecular formula is C28H31ClIN3O4S. The molecule has 0 saturated carbocycles. The Morgan fingerprint density at radius 3 is 2.21 bits per heavy atom. The molecule has 0 aromatic heterocycles. The number of nitrogens with one attached hydrogen (secondary N) is 1. The van der Waals surface area contributed by atoms with Crippen molar-refractivity contribution in [2.45, 2.75) is 44.2 Å². The predicted octanol–water partition coefficient (Wildman–Crippen LogP) is 5.47. The van der Waals surface area contributed by atoms with Gasteiger partial charge in [-0.3, -0.25) is 13.9 Å². The molecule has 0 aliphatic rings. The van der Waals surface area contributed by atoms with E-state index in [2.05, 4.69) is 27.9 Å². The van der Waals surface area contributed by atoms with Crippen LogP contribution in [0.15, 0.2) is 83.8 Å². The number of amides is 2. The highest BCUT2D eigenvalue weighted by molar-refractivity contribution is 14.1. The van der Waals surface area contributed by atoms with Gasteiger partial charge in [0.25, 0.3) is 10.0 Å². The van der Waals surface area contributed by atoms with Crippen molar-refractivity contribution >= 4 is 61.7 Å². The molecular weight excluding hydrogens is 637 g/mol. The molecule has 0 fully saturated rings. The van der Waals surface area contributed by atoms with Crippen molar-refractivity contribution in [3.8, 4) is 0 Å². The van der Waals surface area contributed by atoms with Gasteiger partial charge >= 0.3 is 0 Å². The zero-order valence-electron chi connectivity index (χ0n) is 21.3. The van der Waals surface area contributed by atoms with Gasteiger partial charge in [-0.2, -0.15) is 0 Å². The molecule has 0 heterocycles. The van der Waals surface area contributed by atoms with E-state index in [0.29, 0.717) is 17.3 Å². The van der Waals surface area contributed by atoms with Crippen LogP contribution in [-0.2, 0) is 26.2 Å². The SMILES string of the molecule is CCCCNC(=O)[C@@H](C)N(Cc1ccc(Cl)cc1)C(=O)CN(c1ccc(I)cc1)S(=O)(=O)c1ccccc1. The first-order chi connectivity index (χ1) is 18.1. The van der Waals surface area contributed by atoms with Crippen LogP contribution in [0.1, 0.15) is 32.3 Å². The largest absolute Gasteiger partial charge is 0.354 e. The quantitative estimate of drug-likeness (QED) is 0.205. The van der Waals surface area contributed by atoms with E-state index < -0.39 is 28.5 Å². The number of sulfonamides is 1. The normalized spacial score (nSPS) is 12.0. The van der Waals surface area contributed by atoms with Crippen LogP contribution in [0.25, 0.3) is 0 Å². The van der Waals surface area contributed by atoms with Crippen LogP contribution in [0.3, 0.4) is 0 Å². The second kappa shape index (κ2) is 14.0. The third-order valence-electron chi connectivity index (χ3n) is 5.99. The van der Waals surface area contributed by atoms with Gasteiger partial charge in [0.05, 0.1) is 10.6 Å². The van der Waals surface area contributed by atoms with E-state index in [1.165, 1.54) is 17.0 Å². The number of nitrogens with zero attached hydrogens (tertiary/aromatic N) is 2. The number of carbonyl (C=O) groups is 2. The molecule has 0 bridgehead atoms. The highest BCUT2D eigenvalue weighted by Gasteiger charge is 2.32. The third-order valence-corrected chi connectivity index (χ3v) is 8.75. The summed E-state index contributed by atoms with van der Waals surface area (Å²) in [5.74, 6) is -0.802. The average Bonchev–Trinajstić information content (AvgIpc) is 2.92. The summed E-state index contributed by atoms with van der Waals surface area (Å²) < 4.78 is 29.4. The molecule has 0 aliphatic carbocycles. The van der Waals surface area contributed by atoms with Crippen molar-refractivity contribution in [3.05, 3.63) is 93.0 Å². The number of anilines is 1. The maximum atomic E-state index is 13.8. The van der Waals surface area contributed by atoms with E-state index in [-0.39, 0.29) is 17.3 Å². The first-order valence-electron chi connectivity index (χ1n) is 12.3. The molecule has 0 saturated heterocycles. The van der Waals surface area contributed by atoms with Crippen LogP contribution in [0, 0.1) is 3.57 Å². The van der Waals surface area contributed by atoms with Gasteiger partial charge in [0.2, 0.25) is 11.8 Å².